The summed E-state index contributed by atoms with van der Waals surface area (Å²) in [6.45, 7) is 7.05. The number of hydrogen-bond acceptors (Lipinski definition) is 7. The van der Waals surface area contributed by atoms with E-state index in [1.54, 1.807) is 4.90 Å². The first-order valence-corrected chi connectivity index (χ1v) is 10.6. The minimum absolute atomic E-state index is 0.119. The molecule has 0 spiro atoms. The highest BCUT2D eigenvalue weighted by Gasteiger charge is 2.41. The normalized spacial score (nSPS) is 14.9. The van der Waals surface area contributed by atoms with Crippen molar-refractivity contribution in [3.63, 3.8) is 0 Å². The monoisotopic (exact) mass is 471 g/mol. The summed E-state index contributed by atoms with van der Waals surface area (Å²) in [5.74, 6) is -4.61. The molecule has 0 aromatic heterocycles. The number of esters is 2. The van der Waals surface area contributed by atoms with E-state index in [2.05, 4.69) is 19.2 Å². The summed E-state index contributed by atoms with van der Waals surface area (Å²) in [7, 11) is 1.28. The molecule has 0 aliphatic carbocycles. The van der Waals surface area contributed by atoms with Crippen LogP contribution in [-0.4, -0.2) is 74.1 Å². The van der Waals surface area contributed by atoms with Gasteiger partial charge < -0.3 is 24.6 Å². The van der Waals surface area contributed by atoms with Crippen molar-refractivity contribution in [3.05, 3.63) is 29.8 Å². The Morgan fingerprint density at radius 1 is 0.970 bits per heavy atom. The Kier molecular flexibility index (Phi) is 11.2. The topological polar surface area (TPSA) is 105 Å². The average molecular weight is 472 g/mol. The highest BCUT2D eigenvalue weighted by atomic mass is 19.1. The lowest BCUT2D eigenvalue weighted by molar-refractivity contribution is -0.178. The Balaban J connectivity index is 0.00000172. The fourth-order valence-electron chi connectivity index (χ4n) is 3.08. The third-order valence-electron chi connectivity index (χ3n) is 4.45. The standard InChI is InChI=1S/C19H23F2N3O6.C3H8/c1-11(25)29-16(18(27)22-3)17(30-12(2)26)19(28)24-8-6-23(7-9-24)15-5-4-13(20)10-14(15)21;1-3-2/h4-5,10,16-17H,6-9H2,1-3H3,(H,22,27);3H2,1-2H3/t16-,17-;/m1./s1. The third-order valence-corrected chi connectivity index (χ3v) is 4.45. The number of halogens is 2. The van der Waals surface area contributed by atoms with E-state index < -0.39 is 47.6 Å². The molecule has 0 unspecified atom stereocenters. The molecular formula is C22H31F2N3O6. The van der Waals surface area contributed by atoms with Gasteiger partial charge in [-0.15, -0.1) is 0 Å². The van der Waals surface area contributed by atoms with E-state index in [4.69, 9.17) is 9.47 Å². The molecule has 1 heterocycles. The Morgan fingerprint density at radius 2 is 1.48 bits per heavy atom. The second-order valence-electron chi connectivity index (χ2n) is 7.29. The maximum Gasteiger partial charge on any atom is 0.303 e. The predicted molar refractivity (Wildman–Crippen MR) is 116 cm³/mol. The first-order valence-electron chi connectivity index (χ1n) is 10.6. The second-order valence-corrected chi connectivity index (χ2v) is 7.29. The molecule has 2 rings (SSSR count). The van der Waals surface area contributed by atoms with Crippen LogP contribution >= 0.6 is 0 Å². The second kappa shape index (κ2) is 13.3. The highest BCUT2D eigenvalue weighted by molar-refractivity contribution is 5.93. The number of rotatable bonds is 6. The number of carbonyl (C=O) groups is 4. The first kappa shape index (κ1) is 27.8. The zero-order valence-corrected chi connectivity index (χ0v) is 19.5. The largest absolute Gasteiger partial charge is 0.448 e. The molecule has 1 aliphatic rings. The van der Waals surface area contributed by atoms with Gasteiger partial charge in [0.2, 0.25) is 12.2 Å². The minimum Gasteiger partial charge on any atom is -0.448 e. The van der Waals surface area contributed by atoms with Crippen molar-refractivity contribution in [1.82, 2.24) is 10.2 Å². The van der Waals surface area contributed by atoms with Crippen molar-refractivity contribution < 1.29 is 37.4 Å². The van der Waals surface area contributed by atoms with Crippen LogP contribution in [0.2, 0.25) is 0 Å². The highest BCUT2D eigenvalue weighted by Crippen LogP contribution is 2.22. The molecule has 0 bridgehead atoms. The van der Waals surface area contributed by atoms with Crippen molar-refractivity contribution >= 4 is 29.4 Å². The van der Waals surface area contributed by atoms with Gasteiger partial charge >= 0.3 is 11.9 Å². The van der Waals surface area contributed by atoms with E-state index in [9.17, 15) is 28.0 Å². The Hall–Kier alpha value is -3.24. The lowest BCUT2D eigenvalue weighted by Gasteiger charge is -2.38. The van der Waals surface area contributed by atoms with Gasteiger partial charge in [-0.05, 0) is 12.1 Å². The molecule has 11 heteroatoms. The van der Waals surface area contributed by atoms with Crippen LogP contribution in [0.3, 0.4) is 0 Å². The van der Waals surface area contributed by atoms with E-state index in [0.717, 1.165) is 26.0 Å². The zero-order valence-electron chi connectivity index (χ0n) is 19.5. The Labute approximate surface area is 192 Å². The van der Waals surface area contributed by atoms with Crippen molar-refractivity contribution in [1.29, 1.82) is 0 Å². The van der Waals surface area contributed by atoms with Crippen molar-refractivity contribution in [2.24, 2.45) is 0 Å². The van der Waals surface area contributed by atoms with E-state index >= 15 is 0 Å². The molecule has 9 nitrogen and oxygen atoms in total. The van der Waals surface area contributed by atoms with Gasteiger partial charge in [0, 0.05) is 53.1 Å². The predicted octanol–water partition coefficient (Wildman–Crippen LogP) is 1.64. The number of nitrogens with one attached hydrogen (secondary N) is 1. The van der Waals surface area contributed by atoms with E-state index in [-0.39, 0.29) is 31.9 Å². The summed E-state index contributed by atoms with van der Waals surface area (Å²) in [5.41, 5.74) is 0.197. The quantitative estimate of drug-likeness (QED) is 0.629. The molecule has 1 saturated heterocycles. The van der Waals surface area contributed by atoms with Gasteiger partial charge in [-0.2, -0.15) is 0 Å². The van der Waals surface area contributed by atoms with E-state index in [1.807, 2.05) is 0 Å². The summed E-state index contributed by atoms with van der Waals surface area (Å²) in [6.07, 6.45) is -2.07. The van der Waals surface area contributed by atoms with Crippen LogP contribution in [0, 0.1) is 11.6 Å². The lowest BCUT2D eigenvalue weighted by Crippen LogP contribution is -2.57. The SMILES string of the molecule is CCC.CNC(=O)[C@H](OC(C)=O)[C@@H](OC(C)=O)C(=O)N1CCN(c2ccc(F)cc2F)CC1. The maximum absolute atomic E-state index is 14.0. The molecular weight excluding hydrogens is 440 g/mol. The van der Waals surface area contributed by atoms with Crippen LogP contribution in [0.4, 0.5) is 14.5 Å². The number of ether oxygens (including phenoxy) is 2. The van der Waals surface area contributed by atoms with Gasteiger partial charge in [0.25, 0.3) is 11.8 Å². The summed E-state index contributed by atoms with van der Waals surface area (Å²) in [4.78, 5) is 50.9. The van der Waals surface area contributed by atoms with Gasteiger partial charge in [-0.1, -0.05) is 20.3 Å². The van der Waals surface area contributed by atoms with Gasteiger partial charge in [-0.25, -0.2) is 8.78 Å². The Bertz CT molecular complexity index is 843. The van der Waals surface area contributed by atoms with Crippen LogP contribution in [0.15, 0.2) is 18.2 Å². The van der Waals surface area contributed by atoms with Gasteiger partial charge in [0.1, 0.15) is 11.6 Å². The number of amides is 2. The average Bonchev–Trinajstić information content (AvgIpc) is 2.75. The van der Waals surface area contributed by atoms with Crippen LogP contribution in [-0.2, 0) is 28.7 Å². The number of piperazine rings is 1. The molecule has 1 aromatic carbocycles. The number of anilines is 1. The summed E-state index contributed by atoms with van der Waals surface area (Å²) < 4.78 is 37.1. The van der Waals surface area contributed by atoms with Gasteiger partial charge in [-0.3, -0.25) is 19.2 Å². The van der Waals surface area contributed by atoms with Crippen LogP contribution in [0.25, 0.3) is 0 Å². The molecule has 1 N–H and O–H groups in total. The maximum atomic E-state index is 14.0. The minimum atomic E-state index is -1.67. The van der Waals surface area contributed by atoms with Crippen molar-refractivity contribution in [2.75, 3.05) is 38.1 Å². The first-order chi connectivity index (χ1) is 15.5. The zero-order chi connectivity index (χ0) is 25.1. The van der Waals surface area contributed by atoms with Crippen LogP contribution < -0.4 is 10.2 Å². The number of likely N-dealkylation sites (N-methyl/N-ethyl adjacent to an activating group) is 1. The van der Waals surface area contributed by atoms with E-state index in [0.29, 0.717) is 0 Å². The number of carbonyl (C=O) groups excluding carboxylic acids is 4. The number of benzene rings is 1. The molecule has 1 fully saturated rings. The molecule has 2 amide bonds. The fraction of sp³-hybridized carbons (Fsp3) is 0.545. The fourth-order valence-corrected chi connectivity index (χ4v) is 3.08. The smallest absolute Gasteiger partial charge is 0.303 e. The van der Waals surface area contributed by atoms with Crippen LogP contribution in [0.5, 0.6) is 0 Å². The molecule has 0 radical (unpaired) electrons. The van der Waals surface area contributed by atoms with Gasteiger partial charge in [0.05, 0.1) is 5.69 Å². The summed E-state index contributed by atoms with van der Waals surface area (Å²) in [5, 5.41) is 2.26. The molecule has 1 aliphatic heterocycles. The molecule has 2 atom stereocenters. The molecule has 0 saturated carbocycles. The van der Waals surface area contributed by atoms with E-state index in [1.165, 1.54) is 24.4 Å². The van der Waals surface area contributed by atoms with Crippen LogP contribution in [0.1, 0.15) is 34.1 Å². The van der Waals surface area contributed by atoms with Crippen molar-refractivity contribution in [3.8, 4) is 0 Å². The number of hydrogen-bond donors (Lipinski definition) is 1. The molecule has 33 heavy (non-hydrogen) atoms. The summed E-state index contributed by atoms with van der Waals surface area (Å²) >= 11 is 0. The number of nitrogens with zero attached hydrogens (tertiary/aromatic N) is 2. The molecule has 1 aromatic rings. The van der Waals surface area contributed by atoms with Gasteiger partial charge in [0.15, 0.2) is 0 Å². The summed E-state index contributed by atoms with van der Waals surface area (Å²) in [6, 6.07) is 3.22. The third kappa shape index (κ3) is 8.32. The lowest BCUT2D eigenvalue weighted by atomic mass is 10.1. The molecule has 184 valence electrons. The van der Waals surface area contributed by atoms with Crippen molar-refractivity contribution in [2.45, 2.75) is 46.3 Å². The Morgan fingerprint density at radius 3 is 1.94 bits per heavy atom.